The second-order valence-corrected chi connectivity index (χ2v) is 8.24. The number of halogens is 1. The van der Waals surface area contributed by atoms with Gasteiger partial charge in [0.25, 0.3) is 11.2 Å². The fourth-order valence-electron chi connectivity index (χ4n) is 3.75. The van der Waals surface area contributed by atoms with Crippen LogP contribution in [-0.2, 0) is 6.54 Å². The lowest BCUT2D eigenvalue weighted by Gasteiger charge is -2.05. The Morgan fingerprint density at radius 3 is 2.77 bits per heavy atom. The van der Waals surface area contributed by atoms with E-state index < -0.39 is 4.92 Å². The Labute approximate surface area is 179 Å². The number of fused-ring (bicyclic) bond motifs is 2. The van der Waals surface area contributed by atoms with Crippen molar-refractivity contribution >= 4 is 50.5 Å². The van der Waals surface area contributed by atoms with E-state index in [1.807, 2.05) is 41.8 Å². The van der Waals surface area contributed by atoms with E-state index in [1.54, 1.807) is 10.6 Å². The third-order valence-corrected chi connectivity index (χ3v) is 6.37. The van der Waals surface area contributed by atoms with Crippen molar-refractivity contribution in [2.45, 2.75) is 13.0 Å². The molecule has 1 aliphatic rings. The minimum Gasteiger partial charge on any atom is -0.292 e. The van der Waals surface area contributed by atoms with Crippen LogP contribution >= 0.6 is 22.9 Å². The van der Waals surface area contributed by atoms with E-state index in [1.165, 1.54) is 23.5 Å². The standard InChI is InChI=1S/C22H14ClN3O3S/c23-17-7-6-13(11-18(17)26(28)29)10-15-8-9-25-20(15)24-21-19(22(25)27)16(12-30-21)14-4-2-1-3-5-14/h1-7,10-12H,8-9H2/b15-10+. The number of nitrogens with zero attached hydrogens (tertiary/aromatic N) is 3. The van der Waals surface area contributed by atoms with Crippen molar-refractivity contribution in [1.82, 2.24) is 9.55 Å². The summed E-state index contributed by atoms with van der Waals surface area (Å²) in [5, 5.41) is 13.9. The Hall–Kier alpha value is -3.29. The van der Waals surface area contributed by atoms with Crippen LogP contribution in [-0.4, -0.2) is 14.5 Å². The second kappa shape index (κ2) is 7.19. The van der Waals surface area contributed by atoms with Gasteiger partial charge < -0.3 is 0 Å². The minimum absolute atomic E-state index is 0.0550. The lowest BCUT2D eigenvalue weighted by molar-refractivity contribution is -0.384. The van der Waals surface area contributed by atoms with Gasteiger partial charge in [-0.2, -0.15) is 0 Å². The highest BCUT2D eigenvalue weighted by Gasteiger charge is 2.24. The first kappa shape index (κ1) is 18.7. The topological polar surface area (TPSA) is 78.0 Å². The lowest BCUT2D eigenvalue weighted by Crippen LogP contribution is -2.20. The fourth-order valence-corrected chi connectivity index (χ4v) is 4.87. The van der Waals surface area contributed by atoms with E-state index in [9.17, 15) is 14.9 Å². The number of benzene rings is 2. The Bertz CT molecular complexity index is 1410. The van der Waals surface area contributed by atoms with E-state index in [-0.39, 0.29) is 16.3 Å². The van der Waals surface area contributed by atoms with Crippen molar-refractivity contribution in [3.63, 3.8) is 0 Å². The average molecular weight is 436 g/mol. The molecule has 5 rings (SSSR count). The van der Waals surface area contributed by atoms with E-state index in [2.05, 4.69) is 0 Å². The molecule has 148 valence electrons. The molecule has 0 spiro atoms. The van der Waals surface area contributed by atoms with Crippen LogP contribution < -0.4 is 5.56 Å². The van der Waals surface area contributed by atoms with Crippen LogP contribution in [0.15, 0.2) is 58.7 Å². The molecule has 4 aromatic rings. The number of rotatable bonds is 3. The van der Waals surface area contributed by atoms with Gasteiger partial charge in [-0.3, -0.25) is 19.5 Å². The van der Waals surface area contributed by atoms with Crippen LogP contribution in [0.4, 0.5) is 5.69 Å². The third-order valence-electron chi connectivity index (χ3n) is 5.18. The van der Waals surface area contributed by atoms with Crippen molar-refractivity contribution in [3.05, 3.63) is 90.8 Å². The molecule has 6 nitrogen and oxygen atoms in total. The largest absolute Gasteiger partial charge is 0.292 e. The van der Waals surface area contributed by atoms with Crippen LogP contribution in [0.1, 0.15) is 17.8 Å². The minimum atomic E-state index is -0.504. The molecule has 0 unspecified atom stereocenters. The molecule has 0 saturated heterocycles. The van der Waals surface area contributed by atoms with Crippen LogP contribution in [0.25, 0.3) is 33.0 Å². The normalized spacial score (nSPS) is 14.4. The van der Waals surface area contributed by atoms with Gasteiger partial charge in [0.1, 0.15) is 15.7 Å². The van der Waals surface area contributed by atoms with E-state index in [0.717, 1.165) is 16.7 Å². The lowest BCUT2D eigenvalue weighted by atomic mass is 10.1. The quantitative estimate of drug-likeness (QED) is 0.308. The second-order valence-electron chi connectivity index (χ2n) is 6.98. The molecule has 2 aromatic carbocycles. The van der Waals surface area contributed by atoms with E-state index in [4.69, 9.17) is 16.6 Å². The number of hydrogen-bond donors (Lipinski definition) is 0. The predicted octanol–water partition coefficient (Wildman–Crippen LogP) is 5.63. The molecular formula is C22H14ClN3O3S. The highest BCUT2D eigenvalue weighted by Crippen LogP contribution is 2.35. The fraction of sp³-hybridized carbons (Fsp3) is 0.0909. The summed E-state index contributed by atoms with van der Waals surface area (Å²) in [6.07, 6.45) is 2.47. The highest BCUT2D eigenvalue weighted by atomic mass is 35.5. The Kier molecular flexibility index (Phi) is 4.49. The summed E-state index contributed by atoms with van der Waals surface area (Å²) in [5.41, 5.74) is 3.22. The van der Waals surface area contributed by atoms with E-state index >= 15 is 0 Å². The molecule has 0 fully saturated rings. The zero-order valence-corrected chi connectivity index (χ0v) is 17.1. The molecule has 0 amide bonds. The molecule has 0 bridgehead atoms. The summed E-state index contributed by atoms with van der Waals surface area (Å²) >= 11 is 7.36. The predicted molar refractivity (Wildman–Crippen MR) is 120 cm³/mol. The van der Waals surface area contributed by atoms with Crippen LogP contribution in [0.5, 0.6) is 0 Å². The maximum absolute atomic E-state index is 13.3. The summed E-state index contributed by atoms with van der Waals surface area (Å²) in [4.78, 5) is 29.4. The summed E-state index contributed by atoms with van der Waals surface area (Å²) in [7, 11) is 0. The molecule has 0 aliphatic carbocycles. The Morgan fingerprint density at radius 1 is 1.20 bits per heavy atom. The number of nitro groups is 1. The number of thiophene rings is 1. The Balaban J connectivity index is 1.64. The number of aromatic nitrogens is 2. The molecule has 30 heavy (non-hydrogen) atoms. The first-order valence-corrected chi connectivity index (χ1v) is 10.5. The molecule has 8 heteroatoms. The summed E-state index contributed by atoms with van der Waals surface area (Å²) in [6, 6.07) is 14.5. The first-order chi connectivity index (χ1) is 14.5. The Morgan fingerprint density at radius 2 is 2.00 bits per heavy atom. The molecule has 0 atom stereocenters. The van der Waals surface area contributed by atoms with Gasteiger partial charge in [-0.05, 0) is 35.3 Å². The van der Waals surface area contributed by atoms with Crippen molar-refractivity contribution in [3.8, 4) is 11.1 Å². The molecule has 0 saturated carbocycles. The van der Waals surface area contributed by atoms with Crippen molar-refractivity contribution < 1.29 is 4.92 Å². The number of hydrogen-bond acceptors (Lipinski definition) is 5. The molecule has 3 heterocycles. The highest BCUT2D eigenvalue weighted by molar-refractivity contribution is 7.17. The summed E-state index contributed by atoms with van der Waals surface area (Å²) in [6.45, 7) is 0.530. The zero-order chi connectivity index (χ0) is 20.8. The van der Waals surface area contributed by atoms with Crippen LogP contribution in [0.2, 0.25) is 5.02 Å². The van der Waals surface area contributed by atoms with Crippen molar-refractivity contribution in [1.29, 1.82) is 0 Å². The average Bonchev–Trinajstić information content (AvgIpc) is 3.35. The zero-order valence-electron chi connectivity index (χ0n) is 15.5. The molecule has 1 aliphatic heterocycles. The molecule has 0 radical (unpaired) electrons. The number of allylic oxidation sites excluding steroid dienone is 1. The van der Waals surface area contributed by atoms with Crippen molar-refractivity contribution in [2.24, 2.45) is 0 Å². The number of nitro benzene ring substituents is 1. The van der Waals surface area contributed by atoms with Gasteiger partial charge in [0.05, 0.1) is 10.3 Å². The van der Waals surface area contributed by atoms with Gasteiger partial charge in [0.15, 0.2) is 0 Å². The van der Waals surface area contributed by atoms with Gasteiger partial charge in [0, 0.05) is 23.6 Å². The van der Waals surface area contributed by atoms with Crippen molar-refractivity contribution in [2.75, 3.05) is 0 Å². The molecular weight excluding hydrogens is 422 g/mol. The summed E-state index contributed by atoms with van der Waals surface area (Å²) < 4.78 is 1.69. The van der Waals surface area contributed by atoms with Crippen LogP contribution in [0.3, 0.4) is 0 Å². The smallest absolute Gasteiger partial charge is 0.288 e. The van der Waals surface area contributed by atoms with Gasteiger partial charge >= 0.3 is 0 Å². The van der Waals surface area contributed by atoms with Crippen LogP contribution in [0, 0.1) is 10.1 Å². The van der Waals surface area contributed by atoms with E-state index in [0.29, 0.717) is 34.6 Å². The molecule has 2 aromatic heterocycles. The van der Waals surface area contributed by atoms with Gasteiger partial charge in [-0.25, -0.2) is 4.98 Å². The first-order valence-electron chi connectivity index (χ1n) is 9.25. The maximum Gasteiger partial charge on any atom is 0.288 e. The SMILES string of the molecule is O=c1c2c(-c3ccccc3)csc2nc2n1CC/C2=C\c1ccc(Cl)c([N+](=O)[O-])c1. The third kappa shape index (κ3) is 3.03. The maximum atomic E-state index is 13.3. The van der Waals surface area contributed by atoms with Gasteiger partial charge in [-0.1, -0.05) is 48.0 Å². The monoisotopic (exact) mass is 435 g/mol. The van der Waals surface area contributed by atoms with Gasteiger partial charge in [0.2, 0.25) is 0 Å². The molecule has 0 N–H and O–H groups in total. The summed E-state index contributed by atoms with van der Waals surface area (Å²) in [5.74, 6) is 0.617. The van der Waals surface area contributed by atoms with Gasteiger partial charge in [-0.15, -0.1) is 11.3 Å².